The minimum absolute atomic E-state index is 0.155. The normalized spacial score (nSPS) is 11.2. The zero-order valence-electron chi connectivity index (χ0n) is 12.6. The van der Waals surface area contributed by atoms with E-state index in [9.17, 15) is 10.1 Å². The molecule has 1 aromatic carbocycles. The average molecular weight is 273 g/mol. The Balaban J connectivity index is 2.39. The molecule has 1 aromatic rings. The molecule has 108 valence electrons. The number of hydrogen-bond donors (Lipinski definition) is 0. The van der Waals surface area contributed by atoms with Crippen LogP contribution >= 0.6 is 0 Å². The van der Waals surface area contributed by atoms with Crippen LogP contribution in [-0.2, 0) is 6.42 Å². The van der Waals surface area contributed by atoms with Crippen molar-refractivity contribution in [3.8, 4) is 0 Å². The summed E-state index contributed by atoms with van der Waals surface area (Å²) in [6.45, 7) is 6.40. The molecule has 1 rings (SSSR count). The SMILES string of the molecule is CC(C)=CCC/C(C)=C/CCc1ccc([N+](=O)[O-])cc1. The number of non-ortho nitro benzene ring substituents is 1. The first-order valence-corrected chi connectivity index (χ1v) is 7.01. The van der Waals surface area contributed by atoms with Gasteiger partial charge in [0, 0.05) is 12.1 Å². The summed E-state index contributed by atoms with van der Waals surface area (Å²) in [6.07, 6.45) is 8.64. The van der Waals surface area contributed by atoms with Crippen molar-refractivity contribution in [3.05, 3.63) is 63.2 Å². The number of nitro benzene ring substituents is 1. The second-order valence-corrected chi connectivity index (χ2v) is 5.33. The van der Waals surface area contributed by atoms with Crippen LogP contribution < -0.4 is 0 Å². The molecule has 20 heavy (non-hydrogen) atoms. The summed E-state index contributed by atoms with van der Waals surface area (Å²) in [4.78, 5) is 10.2. The van der Waals surface area contributed by atoms with E-state index in [-0.39, 0.29) is 10.6 Å². The Morgan fingerprint density at radius 3 is 2.30 bits per heavy atom. The van der Waals surface area contributed by atoms with E-state index in [1.807, 2.05) is 12.1 Å². The predicted molar refractivity (Wildman–Crippen MR) is 83.8 cm³/mol. The van der Waals surface area contributed by atoms with Gasteiger partial charge >= 0.3 is 0 Å². The van der Waals surface area contributed by atoms with Crippen LogP contribution in [0.2, 0.25) is 0 Å². The van der Waals surface area contributed by atoms with Crippen LogP contribution in [0.25, 0.3) is 0 Å². The van der Waals surface area contributed by atoms with Gasteiger partial charge in [0.15, 0.2) is 0 Å². The summed E-state index contributed by atoms with van der Waals surface area (Å²) in [5.41, 5.74) is 4.07. The summed E-state index contributed by atoms with van der Waals surface area (Å²) in [5, 5.41) is 10.6. The number of hydrogen-bond acceptors (Lipinski definition) is 2. The van der Waals surface area contributed by atoms with Crippen molar-refractivity contribution < 1.29 is 4.92 Å². The van der Waals surface area contributed by atoms with Crippen LogP contribution in [-0.4, -0.2) is 4.92 Å². The van der Waals surface area contributed by atoms with Gasteiger partial charge in [-0.3, -0.25) is 10.1 Å². The number of nitrogens with zero attached hydrogens (tertiary/aromatic N) is 1. The number of benzene rings is 1. The molecule has 0 N–H and O–H groups in total. The van der Waals surface area contributed by atoms with Gasteiger partial charge in [0.2, 0.25) is 0 Å². The number of rotatable bonds is 7. The molecule has 0 saturated carbocycles. The maximum absolute atomic E-state index is 10.6. The summed E-state index contributed by atoms with van der Waals surface area (Å²) in [5.74, 6) is 0. The van der Waals surface area contributed by atoms with Gasteiger partial charge in [-0.2, -0.15) is 0 Å². The number of nitro groups is 1. The molecular formula is C17H23NO2. The summed E-state index contributed by atoms with van der Waals surface area (Å²) >= 11 is 0. The molecule has 0 unspecified atom stereocenters. The lowest BCUT2D eigenvalue weighted by Gasteiger charge is -2.01. The van der Waals surface area contributed by atoms with Crippen molar-refractivity contribution in [2.75, 3.05) is 0 Å². The van der Waals surface area contributed by atoms with Gasteiger partial charge in [0.1, 0.15) is 0 Å². The molecule has 0 radical (unpaired) electrons. The first-order chi connectivity index (χ1) is 9.49. The fourth-order valence-electron chi connectivity index (χ4n) is 1.96. The van der Waals surface area contributed by atoms with Gasteiger partial charge in [-0.05, 0) is 52.0 Å². The van der Waals surface area contributed by atoms with Gasteiger partial charge in [0.25, 0.3) is 5.69 Å². The van der Waals surface area contributed by atoms with E-state index in [0.29, 0.717) is 0 Å². The van der Waals surface area contributed by atoms with Crippen molar-refractivity contribution in [1.29, 1.82) is 0 Å². The molecule has 0 spiro atoms. The lowest BCUT2D eigenvalue weighted by Crippen LogP contribution is -1.89. The average Bonchev–Trinajstić information content (AvgIpc) is 2.39. The Bertz CT molecular complexity index is 494. The van der Waals surface area contributed by atoms with Crippen LogP contribution in [0.1, 0.15) is 45.6 Å². The van der Waals surface area contributed by atoms with E-state index >= 15 is 0 Å². The third-order valence-electron chi connectivity index (χ3n) is 3.16. The molecule has 0 heterocycles. The fourth-order valence-corrected chi connectivity index (χ4v) is 1.96. The Hall–Kier alpha value is -1.90. The second-order valence-electron chi connectivity index (χ2n) is 5.33. The fraction of sp³-hybridized carbons (Fsp3) is 0.412. The minimum atomic E-state index is -0.364. The highest BCUT2D eigenvalue weighted by Gasteiger charge is 2.03. The van der Waals surface area contributed by atoms with Crippen LogP contribution in [0.15, 0.2) is 47.6 Å². The molecule has 0 aliphatic heterocycles. The molecule has 0 aromatic heterocycles. The minimum Gasteiger partial charge on any atom is -0.258 e. The molecule has 3 nitrogen and oxygen atoms in total. The van der Waals surface area contributed by atoms with E-state index in [2.05, 4.69) is 32.9 Å². The topological polar surface area (TPSA) is 43.1 Å². The van der Waals surface area contributed by atoms with Gasteiger partial charge in [-0.1, -0.05) is 35.4 Å². The lowest BCUT2D eigenvalue weighted by atomic mass is 10.1. The Labute approximate surface area is 121 Å². The zero-order valence-corrected chi connectivity index (χ0v) is 12.6. The van der Waals surface area contributed by atoms with Gasteiger partial charge in [-0.15, -0.1) is 0 Å². The first-order valence-electron chi connectivity index (χ1n) is 7.01. The Kier molecular flexibility index (Phi) is 6.71. The maximum Gasteiger partial charge on any atom is 0.269 e. The second kappa shape index (κ2) is 8.31. The lowest BCUT2D eigenvalue weighted by molar-refractivity contribution is -0.384. The third-order valence-corrected chi connectivity index (χ3v) is 3.16. The van der Waals surface area contributed by atoms with Gasteiger partial charge in [0.05, 0.1) is 4.92 Å². The highest BCUT2D eigenvalue weighted by Crippen LogP contribution is 2.14. The highest BCUT2D eigenvalue weighted by molar-refractivity contribution is 5.33. The van der Waals surface area contributed by atoms with Gasteiger partial charge < -0.3 is 0 Å². The first kappa shape index (κ1) is 16.2. The quantitative estimate of drug-likeness (QED) is 0.388. The van der Waals surface area contributed by atoms with Crippen molar-refractivity contribution in [1.82, 2.24) is 0 Å². The van der Waals surface area contributed by atoms with Crippen molar-refractivity contribution in [3.63, 3.8) is 0 Å². The number of allylic oxidation sites excluding steroid dienone is 4. The molecular weight excluding hydrogens is 250 g/mol. The smallest absolute Gasteiger partial charge is 0.258 e. The molecule has 0 atom stereocenters. The summed E-state index contributed by atoms with van der Waals surface area (Å²) in [7, 11) is 0. The monoisotopic (exact) mass is 273 g/mol. The number of aryl methyl sites for hydroxylation is 1. The van der Waals surface area contributed by atoms with E-state index < -0.39 is 0 Å². The van der Waals surface area contributed by atoms with Crippen molar-refractivity contribution in [2.45, 2.75) is 46.5 Å². The van der Waals surface area contributed by atoms with Crippen LogP contribution in [0, 0.1) is 10.1 Å². The van der Waals surface area contributed by atoms with E-state index in [1.165, 1.54) is 11.1 Å². The molecule has 0 aliphatic rings. The molecule has 0 bridgehead atoms. The largest absolute Gasteiger partial charge is 0.269 e. The Morgan fingerprint density at radius 2 is 1.75 bits per heavy atom. The van der Waals surface area contributed by atoms with Crippen LogP contribution in [0.5, 0.6) is 0 Å². The van der Waals surface area contributed by atoms with Crippen LogP contribution in [0.3, 0.4) is 0 Å². The van der Waals surface area contributed by atoms with Crippen molar-refractivity contribution in [2.24, 2.45) is 0 Å². The Morgan fingerprint density at radius 1 is 1.10 bits per heavy atom. The van der Waals surface area contributed by atoms with Gasteiger partial charge in [-0.25, -0.2) is 0 Å². The maximum atomic E-state index is 10.6. The third kappa shape index (κ3) is 6.32. The van der Waals surface area contributed by atoms with E-state index in [1.54, 1.807) is 12.1 Å². The molecule has 0 aliphatic carbocycles. The van der Waals surface area contributed by atoms with Crippen LogP contribution in [0.4, 0.5) is 5.69 Å². The predicted octanol–water partition coefficient (Wildman–Crippen LogP) is 5.22. The molecule has 0 fully saturated rings. The standard InChI is InChI=1S/C17H23NO2/c1-14(2)6-4-7-15(3)8-5-9-16-10-12-17(13-11-16)18(19)20/h6,8,10-13H,4-5,7,9H2,1-3H3/b15-8+. The summed E-state index contributed by atoms with van der Waals surface area (Å²) < 4.78 is 0. The molecule has 0 saturated heterocycles. The highest BCUT2D eigenvalue weighted by atomic mass is 16.6. The zero-order chi connectivity index (χ0) is 15.0. The molecule has 0 amide bonds. The summed E-state index contributed by atoms with van der Waals surface area (Å²) in [6, 6.07) is 6.82. The van der Waals surface area contributed by atoms with E-state index in [0.717, 1.165) is 31.2 Å². The van der Waals surface area contributed by atoms with Crippen molar-refractivity contribution >= 4 is 5.69 Å². The molecule has 3 heteroatoms. The van der Waals surface area contributed by atoms with E-state index in [4.69, 9.17) is 0 Å².